The van der Waals surface area contributed by atoms with Crippen LogP contribution in [0.1, 0.15) is 62.2 Å². The van der Waals surface area contributed by atoms with Crippen LogP contribution in [0.25, 0.3) is 0 Å². The molecule has 8 nitrogen and oxygen atoms in total. The summed E-state index contributed by atoms with van der Waals surface area (Å²) in [6.45, 7) is -0.795. The lowest BCUT2D eigenvalue weighted by molar-refractivity contribution is -0.173. The van der Waals surface area contributed by atoms with Crippen LogP contribution >= 0.6 is 0 Å². The largest absolute Gasteiger partial charge is 0.474 e. The standard InChI is InChI=1S/C19H27F2N3O5/c1-10-2-3-13(8-15(10)25)27-17-14(16(22)26)9-23-19(24-17)29-12-6-4-11(5-7-12)28-18(20)21/h9-13,15,18,25H,2-8H2,1H3,(H2,22,26)/t10-,11?,12?,13-,15-/m1/s1. The molecule has 10 heteroatoms. The highest BCUT2D eigenvalue weighted by molar-refractivity contribution is 5.94. The minimum absolute atomic E-state index is 0.0315. The molecule has 0 radical (unpaired) electrons. The zero-order chi connectivity index (χ0) is 21.0. The fourth-order valence-corrected chi connectivity index (χ4v) is 3.77. The number of carbonyl (C=O) groups is 1. The second kappa shape index (κ2) is 9.62. The number of alkyl halides is 2. The number of amides is 1. The molecule has 3 rings (SSSR count). The van der Waals surface area contributed by atoms with Gasteiger partial charge in [0.25, 0.3) is 5.91 Å². The number of aromatic nitrogens is 2. The summed E-state index contributed by atoms with van der Waals surface area (Å²) in [4.78, 5) is 19.9. The van der Waals surface area contributed by atoms with Crippen molar-refractivity contribution in [3.63, 3.8) is 0 Å². The molecule has 1 aromatic heterocycles. The predicted molar refractivity (Wildman–Crippen MR) is 97.7 cm³/mol. The van der Waals surface area contributed by atoms with Crippen molar-refractivity contribution in [1.29, 1.82) is 0 Å². The van der Waals surface area contributed by atoms with E-state index in [1.54, 1.807) is 0 Å². The van der Waals surface area contributed by atoms with Crippen LogP contribution in [0.15, 0.2) is 6.20 Å². The molecule has 162 valence electrons. The Morgan fingerprint density at radius 1 is 1.14 bits per heavy atom. The zero-order valence-electron chi connectivity index (χ0n) is 16.3. The molecule has 0 bridgehead atoms. The fraction of sp³-hybridized carbons (Fsp3) is 0.737. The van der Waals surface area contributed by atoms with Crippen LogP contribution in [-0.4, -0.2) is 52.0 Å². The molecule has 1 amide bonds. The molecule has 29 heavy (non-hydrogen) atoms. The minimum Gasteiger partial charge on any atom is -0.474 e. The normalized spacial score (nSPS) is 30.2. The topological polar surface area (TPSA) is 117 Å². The molecule has 0 unspecified atom stereocenters. The van der Waals surface area contributed by atoms with Gasteiger partial charge in [0.05, 0.1) is 18.4 Å². The van der Waals surface area contributed by atoms with Crippen molar-refractivity contribution in [3.8, 4) is 11.9 Å². The van der Waals surface area contributed by atoms with E-state index in [1.807, 2.05) is 6.92 Å². The fourth-order valence-electron chi connectivity index (χ4n) is 3.77. The van der Waals surface area contributed by atoms with Gasteiger partial charge in [-0.15, -0.1) is 0 Å². The van der Waals surface area contributed by atoms with Crippen LogP contribution in [-0.2, 0) is 4.74 Å². The van der Waals surface area contributed by atoms with Crippen molar-refractivity contribution in [2.45, 2.75) is 82.9 Å². The number of halogens is 2. The molecule has 3 N–H and O–H groups in total. The lowest BCUT2D eigenvalue weighted by atomic mass is 9.86. The summed E-state index contributed by atoms with van der Waals surface area (Å²) in [5.74, 6) is -0.496. The monoisotopic (exact) mass is 415 g/mol. The first-order valence-corrected chi connectivity index (χ1v) is 9.93. The van der Waals surface area contributed by atoms with Crippen molar-refractivity contribution in [1.82, 2.24) is 9.97 Å². The first-order valence-electron chi connectivity index (χ1n) is 9.93. The van der Waals surface area contributed by atoms with Crippen LogP contribution in [0, 0.1) is 5.92 Å². The third kappa shape index (κ3) is 5.96. The van der Waals surface area contributed by atoms with Gasteiger partial charge < -0.3 is 25.1 Å². The molecule has 2 saturated carbocycles. The number of hydrogen-bond donors (Lipinski definition) is 2. The van der Waals surface area contributed by atoms with Gasteiger partial charge in [-0.25, -0.2) is 4.98 Å². The number of primary amides is 1. The van der Waals surface area contributed by atoms with Crippen molar-refractivity contribution in [2.24, 2.45) is 11.7 Å². The Morgan fingerprint density at radius 3 is 2.41 bits per heavy atom. The highest BCUT2D eigenvalue weighted by Gasteiger charge is 2.30. The number of nitrogens with zero attached hydrogens (tertiary/aromatic N) is 2. The first kappa shape index (κ1) is 21.6. The number of aliphatic hydroxyl groups is 1. The summed E-state index contributed by atoms with van der Waals surface area (Å²) in [5, 5.41) is 10.1. The second-order valence-corrected chi connectivity index (χ2v) is 7.75. The van der Waals surface area contributed by atoms with E-state index in [2.05, 4.69) is 14.7 Å². The quantitative estimate of drug-likeness (QED) is 0.702. The maximum Gasteiger partial charge on any atom is 0.345 e. The molecule has 0 spiro atoms. The predicted octanol–water partition coefficient (Wildman–Crippen LogP) is 2.43. The Labute approximate surface area is 167 Å². The molecule has 0 aliphatic heterocycles. The average Bonchev–Trinajstić information content (AvgIpc) is 2.66. The molecule has 1 aromatic rings. The van der Waals surface area contributed by atoms with Gasteiger partial charge >= 0.3 is 12.6 Å². The van der Waals surface area contributed by atoms with Crippen molar-refractivity contribution in [3.05, 3.63) is 11.8 Å². The van der Waals surface area contributed by atoms with Crippen LogP contribution in [0.3, 0.4) is 0 Å². The third-order valence-electron chi connectivity index (χ3n) is 5.57. The SMILES string of the molecule is C[C@@H]1CC[C@@H](Oc2nc(OC3CCC(OC(F)F)CC3)ncc2C(N)=O)C[C@H]1O. The zero-order valence-corrected chi connectivity index (χ0v) is 16.3. The summed E-state index contributed by atoms with van der Waals surface area (Å²) >= 11 is 0. The Kier molecular flexibility index (Phi) is 7.18. The van der Waals surface area contributed by atoms with Gasteiger partial charge in [-0.05, 0) is 44.4 Å². The van der Waals surface area contributed by atoms with Crippen molar-refractivity contribution >= 4 is 5.91 Å². The van der Waals surface area contributed by atoms with E-state index < -0.39 is 24.7 Å². The van der Waals surface area contributed by atoms with Crippen LogP contribution in [0.2, 0.25) is 0 Å². The Hall–Kier alpha value is -2.07. The smallest absolute Gasteiger partial charge is 0.345 e. The Balaban J connectivity index is 1.63. The number of aliphatic hydroxyl groups excluding tert-OH is 1. The van der Waals surface area contributed by atoms with E-state index in [-0.39, 0.29) is 35.6 Å². The number of hydrogen-bond acceptors (Lipinski definition) is 7. The van der Waals surface area contributed by atoms with Gasteiger partial charge in [0.1, 0.15) is 17.8 Å². The van der Waals surface area contributed by atoms with E-state index in [0.29, 0.717) is 32.1 Å². The Bertz CT molecular complexity index is 700. The minimum atomic E-state index is -2.77. The highest BCUT2D eigenvalue weighted by Crippen LogP contribution is 2.30. The van der Waals surface area contributed by atoms with E-state index in [9.17, 15) is 18.7 Å². The van der Waals surface area contributed by atoms with E-state index in [0.717, 1.165) is 12.8 Å². The van der Waals surface area contributed by atoms with Gasteiger partial charge in [-0.1, -0.05) is 6.92 Å². The van der Waals surface area contributed by atoms with Gasteiger partial charge in [0.15, 0.2) is 0 Å². The second-order valence-electron chi connectivity index (χ2n) is 7.75. The average molecular weight is 415 g/mol. The highest BCUT2D eigenvalue weighted by atomic mass is 19.3. The summed E-state index contributed by atoms with van der Waals surface area (Å²) < 4.78 is 40.8. The molecule has 0 saturated heterocycles. The Morgan fingerprint density at radius 2 is 1.79 bits per heavy atom. The van der Waals surface area contributed by atoms with E-state index in [4.69, 9.17) is 15.2 Å². The number of carbonyl (C=O) groups excluding carboxylic acids is 1. The summed E-state index contributed by atoms with van der Waals surface area (Å²) in [6, 6.07) is 0.0351. The number of ether oxygens (including phenoxy) is 3. The summed E-state index contributed by atoms with van der Waals surface area (Å²) in [5.41, 5.74) is 5.44. The lowest BCUT2D eigenvalue weighted by Crippen LogP contribution is -2.34. The molecule has 2 aliphatic carbocycles. The van der Waals surface area contributed by atoms with Gasteiger partial charge in [-0.2, -0.15) is 13.8 Å². The maximum atomic E-state index is 12.3. The third-order valence-corrected chi connectivity index (χ3v) is 5.57. The molecule has 3 atom stereocenters. The summed E-state index contributed by atoms with van der Waals surface area (Å²) in [6.07, 6.45) is 3.71. The maximum absolute atomic E-state index is 12.3. The lowest BCUT2D eigenvalue weighted by Gasteiger charge is -2.31. The number of nitrogens with two attached hydrogens (primary N) is 1. The molecule has 2 aliphatic rings. The molecule has 2 fully saturated rings. The number of rotatable bonds is 7. The van der Waals surface area contributed by atoms with E-state index >= 15 is 0 Å². The van der Waals surface area contributed by atoms with Crippen LogP contribution in [0.5, 0.6) is 11.9 Å². The van der Waals surface area contributed by atoms with Crippen LogP contribution in [0.4, 0.5) is 8.78 Å². The van der Waals surface area contributed by atoms with Gasteiger partial charge in [0.2, 0.25) is 5.88 Å². The van der Waals surface area contributed by atoms with E-state index in [1.165, 1.54) is 6.20 Å². The van der Waals surface area contributed by atoms with Crippen LogP contribution < -0.4 is 15.2 Å². The van der Waals surface area contributed by atoms with Gasteiger partial charge in [0, 0.05) is 6.42 Å². The molecule has 0 aromatic carbocycles. The molecular formula is C19H27F2N3O5. The van der Waals surface area contributed by atoms with Crippen molar-refractivity contribution < 1.29 is 32.9 Å². The van der Waals surface area contributed by atoms with Crippen molar-refractivity contribution in [2.75, 3.05) is 0 Å². The molecular weight excluding hydrogens is 388 g/mol. The summed E-state index contributed by atoms with van der Waals surface area (Å²) in [7, 11) is 0. The first-order chi connectivity index (χ1) is 13.8. The van der Waals surface area contributed by atoms with Gasteiger partial charge in [-0.3, -0.25) is 4.79 Å². The molecule has 1 heterocycles.